The lowest BCUT2D eigenvalue weighted by Crippen LogP contribution is -2.01. The van der Waals surface area contributed by atoms with Crippen molar-refractivity contribution in [3.8, 4) is 0 Å². The molecule has 1 aromatic rings. The van der Waals surface area contributed by atoms with E-state index in [9.17, 15) is 4.79 Å². The number of thioether (sulfide) groups is 1. The van der Waals surface area contributed by atoms with Crippen LogP contribution in [0.2, 0.25) is 0 Å². The molecule has 0 aliphatic carbocycles. The summed E-state index contributed by atoms with van der Waals surface area (Å²) in [7, 11) is 1.84. The van der Waals surface area contributed by atoms with Crippen molar-refractivity contribution in [1.82, 2.24) is 0 Å². The van der Waals surface area contributed by atoms with E-state index in [1.165, 1.54) is 0 Å². The normalized spacial score (nSPS) is 9.42. The Bertz CT molecular complexity index is 271. The minimum absolute atomic E-state index is 0.382. The van der Waals surface area contributed by atoms with E-state index in [2.05, 4.69) is 5.32 Å². The summed E-state index contributed by atoms with van der Waals surface area (Å²) in [5.74, 6) is 0. The van der Waals surface area contributed by atoms with Crippen LogP contribution in [0, 0.1) is 0 Å². The van der Waals surface area contributed by atoms with Crippen molar-refractivity contribution >= 4 is 22.7 Å². The van der Waals surface area contributed by atoms with E-state index in [0.29, 0.717) is 0 Å². The molecular formula is C8H10N2OS. The topological polar surface area (TPSA) is 55.1 Å². The first kappa shape index (κ1) is 8.93. The van der Waals surface area contributed by atoms with Gasteiger partial charge in [0.2, 0.25) is 0 Å². The lowest BCUT2D eigenvalue weighted by Gasteiger charge is -2.00. The van der Waals surface area contributed by atoms with Gasteiger partial charge >= 0.3 is 0 Å². The van der Waals surface area contributed by atoms with Crippen molar-refractivity contribution in [2.24, 2.45) is 5.73 Å². The van der Waals surface area contributed by atoms with Crippen molar-refractivity contribution in [3.05, 3.63) is 24.3 Å². The summed E-state index contributed by atoms with van der Waals surface area (Å²) in [6.07, 6.45) is 0. The van der Waals surface area contributed by atoms with Gasteiger partial charge in [0.25, 0.3) is 5.24 Å². The number of hydrogen-bond donors (Lipinski definition) is 2. The van der Waals surface area contributed by atoms with Gasteiger partial charge in [0.1, 0.15) is 0 Å². The molecule has 3 nitrogen and oxygen atoms in total. The summed E-state index contributed by atoms with van der Waals surface area (Å²) < 4.78 is 0. The molecular weight excluding hydrogens is 172 g/mol. The monoisotopic (exact) mass is 182 g/mol. The van der Waals surface area contributed by atoms with Gasteiger partial charge in [-0.15, -0.1) is 0 Å². The number of hydrogen-bond acceptors (Lipinski definition) is 3. The minimum Gasteiger partial charge on any atom is -0.388 e. The van der Waals surface area contributed by atoms with Crippen LogP contribution in [0.3, 0.4) is 0 Å². The highest BCUT2D eigenvalue weighted by molar-refractivity contribution is 8.13. The highest BCUT2D eigenvalue weighted by Crippen LogP contribution is 2.19. The van der Waals surface area contributed by atoms with Gasteiger partial charge in [0, 0.05) is 17.6 Å². The smallest absolute Gasteiger partial charge is 0.281 e. The molecule has 12 heavy (non-hydrogen) atoms. The van der Waals surface area contributed by atoms with Gasteiger partial charge in [-0.25, -0.2) is 0 Å². The summed E-state index contributed by atoms with van der Waals surface area (Å²) in [4.78, 5) is 11.4. The number of rotatable bonds is 2. The number of nitrogens with one attached hydrogen (secondary N) is 1. The summed E-state index contributed by atoms with van der Waals surface area (Å²) in [6, 6.07) is 7.49. The first-order valence-corrected chi connectivity index (χ1v) is 4.29. The predicted octanol–water partition coefficient (Wildman–Crippen LogP) is 1.90. The molecule has 0 heterocycles. The van der Waals surface area contributed by atoms with Crippen molar-refractivity contribution in [2.45, 2.75) is 4.90 Å². The molecule has 0 unspecified atom stereocenters. The van der Waals surface area contributed by atoms with Crippen molar-refractivity contribution < 1.29 is 4.79 Å². The van der Waals surface area contributed by atoms with Crippen molar-refractivity contribution in [2.75, 3.05) is 12.4 Å². The maximum absolute atomic E-state index is 10.5. The van der Waals surface area contributed by atoms with Gasteiger partial charge in [0.05, 0.1) is 0 Å². The zero-order valence-corrected chi connectivity index (χ0v) is 7.52. The molecule has 4 heteroatoms. The highest BCUT2D eigenvalue weighted by atomic mass is 32.2. The Kier molecular flexibility index (Phi) is 2.99. The molecule has 1 aromatic carbocycles. The maximum atomic E-state index is 10.5. The Morgan fingerprint density at radius 2 is 2.00 bits per heavy atom. The van der Waals surface area contributed by atoms with Crippen LogP contribution in [-0.2, 0) is 0 Å². The zero-order valence-electron chi connectivity index (χ0n) is 6.70. The molecule has 0 saturated carbocycles. The standard InChI is InChI=1S/C8H10N2OS/c1-10-6-2-4-7(5-3-6)12-8(9)11/h2-5,10H,1H3,(H2,9,11). The Hall–Kier alpha value is -1.16. The molecule has 0 aliphatic heterocycles. The third-order valence-electron chi connectivity index (χ3n) is 1.36. The summed E-state index contributed by atoms with van der Waals surface area (Å²) in [5, 5.41) is 2.60. The van der Waals surface area contributed by atoms with E-state index in [1.807, 2.05) is 31.3 Å². The highest BCUT2D eigenvalue weighted by Gasteiger charge is 1.97. The average Bonchev–Trinajstić information content (AvgIpc) is 2.05. The van der Waals surface area contributed by atoms with Crippen LogP contribution in [0.5, 0.6) is 0 Å². The second-order valence-electron chi connectivity index (χ2n) is 2.20. The summed E-state index contributed by atoms with van der Waals surface area (Å²) in [6.45, 7) is 0. The fraction of sp³-hybridized carbons (Fsp3) is 0.125. The minimum atomic E-state index is -0.382. The SMILES string of the molecule is CNc1ccc(SC(N)=O)cc1. The van der Waals surface area contributed by atoms with Gasteiger partial charge in [-0.2, -0.15) is 0 Å². The van der Waals surface area contributed by atoms with E-state index in [4.69, 9.17) is 5.73 Å². The van der Waals surface area contributed by atoms with E-state index in [-0.39, 0.29) is 5.24 Å². The summed E-state index contributed by atoms with van der Waals surface area (Å²) in [5.41, 5.74) is 6.02. The number of benzene rings is 1. The van der Waals surface area contributed by atoms with Crippen LogP contribution < -0.4 is 11.1 Å². The number of amides is 1. The molecule has 0 spiro atoms. The Balaban J connectivity index is 2.71. The lowest BCUT2D eigenvalue weighted by atomic mass is 10.3. The van der Waals surface area contributed by atoms with E-state index >= 15 is 0 Å². The Morgan fingerprint density at radius 1 is 1.42 bits per heavy atom. The van der Waals surface area contributed by atoms with Crippen molar-refractivity contribution in [3.63, 3.8) is 0 Å². The predicted molar refractivity (Wildman–Crippen MR) is 51.4 cm³/mol. The zero-order chi connectivity index (χ0) is 8.97. The third-order valence-corrected chi connectivity index (χ3v) is 2.07. The number of anilines is 1. The summed E-state index contributed by atoms with van der Waals surface area (Å²) >= 11 is 1.03. The van der Waals surface area contributed by atoms with Gasteiger partial charge < -0.3 is 11.1 Å². The Labute approximate surface area is 75.3 Å². The molecule has 0 aliphatic rings. The largest absolute Gasteiger partial charge is 0.388 e. The molecule has 0 saturated heterocycles. The van der Waals surface area contributed by atoms with Crippen LogP contribution in [-0.4, -0.2) is 12.3 Å². The average molecular weight is 182 g/mol. The molecule has 1 rings (SSSR count). The molecule has 1 amide bonds. The lowest BCUT2D eigenvalue weighted by molar-refractivity contribution is 0.267. The van der Waals surface area contributed by atoms with E-state index in [1.54, 1.807) is 0 Å². The molecule has 0 fully saturated rings. The maximum Gasteiger partial charge on any atom is 0.281 e. The fourth-order valence-corrected chi connectivity index (χ4v) is 1.31. The van der Waals surface area contributed by atoms with Gasteiger partial charge in [-0.05, 0) is 36.0 Å². The molecule has 64 valence electrons. The number of nitrogens with two attached hydrogens (primary N) is 1. The molecule has 0 aromatic heterocycles. The van der Waals surface area contributed by atoms with Gasteiger partial charge in [-0.3, -0.25) is 4.79 Å². The number of carbonyl (C=O) groups is 1. The molecule has 0 atom stereocenters. The van der Waals surface area contributed by atoms with Crippen LogP contribution in [0.15, 0.2) is 29.2 Å². The van der Waals surface area contributed by atoms with Crippen LogP contribution in [0.4, 0.5) is 10.5 Å². The fourth-order valence-electron chi connectivity index (χ4n) is 0.806. The van der Waals surface area contributed by atoms with E-state index in [0.717, 1.165) is 22.3 Å². The second-order valence-corrected chi connectivity index (χ2v) is 3.27. The number of primary amides is 1. The van der Waals surface area contributed by atoms with Crippen molar-refractivity contribution in [1.29, 1.82) is 0 Å². The molecule has 0 radical (unpaired) electrons. The second kappa shape index (κ2) is 4.01. The first-order chi connectivity index (χ1) is 5.72. The number of carbonyl (C=O) groups excluding carboxylic acids is 1. The molecule has 0 bridgehead atoms. The van der Waals surface area contributed by atoms with Crippen LogP contribution >= 0.6 is 11.8 Å². The quantitative estimate of drug-likeness (QED) is 0.687. The van der Waals surface area contributed by atoms with Crippen LogP contribution in [0.25, 0.3) is 0 Å². The third kappa shape index (κ3) is 2.47. The first-order valence-electron chi connectivity index (χ1n) is 3.47. The van der Waals surface area contributed by atoms with Gasteiger partial charge in [0.15, 0.2) is 0 Å². The Morgan fingerprint density at radius 3 is 2.42 bits per heavy atom. The van der Waals surface area contributed by atoms with Gasteiger partial charge in [-0.1, -0.05) is 0 Å². The van der Waals surface area contributed by atoms with E-state index < -0.39 is 0 Å². The molecule has 3 N–H and O–H groups in total. The van der Waals surface area contributed by atoms with Crippen LogP contribution in [0.1, 0.15) is 0 Å².